The predicted octanol–water partition coefficient (Wildman–Crippen LogP) is 2.57. The molecule has 0 saturated carbocycles. The molecule has 0 unspecified atom stereocenters. The van der Waals surface area contributed by atoms with E-state index in [0.29, 0.717) is 19.1 Å². The summed E-state index contributed by atoms with van der Waals surface area (Å²) >= 11 is 0. The second-order valence-electron chi connectivity index (χ2n) is 8.74. The van der Waals surface area contributed by atoms with Crippen molar-refractivity contribution in [3.63, 3.8) is 0 Å². The van der Waals surface area contributed by atoms with Gasteiger partial charge >= 0.3 is 0 Å². The third-order valence-electron chi connectivity index (χ3n) is 6.58. The van der Waals surface area contributed by atoms with Crippen LogP contribution in [0.3, 0.4) is 0 Å². The molecule has 1 aromatic carbocycles. The summed E-state index contributed by atoms with van der Waals surface area (Å²) in [5.41, 5.74) is 3.55. The number of nitrogens with one attached hydrogen (secondary N) is 2. The van der Waals surface area contributed by atoms with Gasteiger partial charge in [0.1, 0.15) is 5.75 Å². The van der Waals surface area contributed by atoms with Crippen LogP contribution in [0.4, 0.5) is 0 Å². The largest absolute Gasteiger partial charge is 0.493 e. The number of aromatic nitrogens is 2. The van der Waals surface area contributed by atoms with Crippen molar-refractivity contribution in [1.82, 2.24) is 25.1 Å². The number of carbonyl (C=O) groups is 1. The molecule has 2 aliphatic heterocycles. The van der Waals surface area contributed by atoms with Gasteiger partial charge in [0.15, 0.2) is 0 Å². The van der Waals surface area contributed by atoms with Crippen LogP contribution in [0.15, 0.2) is 54.9 Å². The Bertz CT molecular complexity index is 1070. The van der Waals surface area contributed by atoms with Crippen LogP contribution in [0.5, 0.6) is 5.75 Å². The molecular formula is C25H31N5O2. The van der Waals surface area contributed by atoms with E-state index in [1.165, 1.54) is 11.1 Å². The minimum Gasteiger partial charge on any atom is -0.493 e. The quantitative estimate of drug-likeness (QED) is 0.650. The Morgan fingerprint density at radius 1 is 1.09 bits per heavy atom. The smallest absolute Gasteiger partial charge is 0.237 e. The van der Waals surface area contributed by atoms with Gasteiger partial charge in [-0.05, 0) is 55.5 Å². The molecule has 1 amide bonds. The maximum absolute atomic E-state index is 12.9. The van der Waals surface area contributed by atoms with E-state index in [9.17, 15) is 4.79 Å². The van der Waals surface area contributed by atoms with Crippen LogP contribution in [-0.4, -0.2) is 59.2 Å². The highest BCUT2D eigenvalue weighted by atomic mass is 16.5. The minimum absolute atomic E-state index is 0.0982. The Balaban J connectivity index is 1.33. The van der Waals surface area contributed by atoms with Gasteiger partial charge in [-0.3, -0.25) is 9.69 Å². The van der Waals surface area contributed by atoms with Gasteiger partial charge in [-0.2, -0.15) is 5.10 Å². The van der Waals surface area contributed by atoms with Gasteiger partial charge in [0.25, 0.3) is 0 Å². The van der Waals surface area contributed by atoms with E-state index in [1.54, 1.807) is 0 Å². The summed E-state index contributed by atoms with van der Waals surface area (Å²) in [5.74, 6) is 1.41. The summed E-state index contributed by atoms with van der Waals surface area (Å²) in [7, 11) is 0. The molecule has 0 aliphatic carbocycles. The molecule has 2 aromatic heterocycles. The molecule has 1 saturated heterocycles. The summed E-state index contributed by atoms with van der Waals surface area (Å²) < 4.78 is 8.15. The number of ether oxygens (including phenoxy) is 1. The predicted molar refractivity (Wildman–Crippen MR) is 124 cm³/mol. The second-order valence-corrected chi connectivity index (χ2v) is 8.74. The molecule has 2 aliphatic rings. The van der Waals surface area contributed by atoms with Crippen molar-refractivity contribution in [3.05, 3.63) is 66.0 Å². The van der Waals surface area contributed by atoms with E-state index in [-0.39, 0.29) is 11.9 Å². The van der Waals surface area contributed by atoms with Gasteiger partial charge in [-0.1, -0.05) is 24.3 Å². The Morgan fingerprint density at radius 2 is 2.00 bits per heavy atom. The number of amides is 1. The molecule has 2 N–H and O–H groups in total. The first-order valence-corrected chi connectivity index (χ1v) is 11.6. The maximum Gasteiger partial charge on any atom is 0.237 e. The van der Waals surface area contributed by atoms with Crippen molar-refractivity contribution in [2.24, 2.45) is 0 Å². The van der Waals surface area contributed by atoms with E-state index < -0.39 is 0 Å². The molecule has 168 valence electrons. The fraction of sp³-hybridized carbons (Fsp3) is 0.440. The summed E-state index contributed by atoms with van der Waals surface area (Å²) in [6.45, 7) is 4.65. The second kappa shape index (κ2) is 9.71. The Morgan fingerprint density at radius 3 is 2.97 bits per heavy atom. The number of para-hydroxylation sites is 1. The highest BCUT2D eigenvalue weighted by Gasteiger charge is 2.29. The molecule has 3 aromatic rings. The first kappa shape index (κ1) is 21.0. The number of carbonyl (C=O) groups excluding carboxylic acids is 1. The van der Waals surface area contributed by atoms with Crippen LogP contribution in [0.1, 0.15) is 36.3 Å². The zero-order chi connectivity index (χ0) is 21.8. The first-order chi connectivity index (χ1) is 15.8. The lowest BCUT2D eigenvalue weighted by Gasteiger charge is -2.31. The van der Waals surface area contributed by atoms with Gasteiger partial charge in [0, 0.05) is 37.9 Å². The lowest BCUT2D eigenvalue weighted by atomic mass is 9.85. The molecule has 1 fully saturated rings. The average molecular weight is 434 g/mol. The minimum atomic E-state index is -0.155. The van der Waals surface area contributed by atoms with Crippen molar-refractivity contribution in [2.75, 3.05) is 32.8 Å². The molecule has 5 rings (SSSR count). The van der Waals surface area contributed by atoms with Gasteiger partial charge in [-0.15, -0.1) is 0 Å². The lowest BCUT2D eigenvalue weighted by molar-refractivity contribution is -0.123. The zero-order valence-electron chi connectivity index (χ0n) is 18.4. The fourth-order valence-corrected chi connectivity index (χ4v) is 4.90. The topological polar surface area (TPSA) is 70.9 Å². The van der Waals surface area contributed by atoms with E-state index in [1.807, 2.05) is 35.1 Å². The fourth-order valence-electron chi connectivity index (χ4n) is 4.90. The zero-order valence-corrected chi connectivity index (χ0v) is 18.4. The summed E-state index contributed by atoms with van der Waals surface area (Å²) in [5, 5.41) is 11.0. The average Bonchev–Trinajstić information content (AvgIpc) is 3.24. The third-order valence-corrected chi connectivity index (χ3v) is 6.58. The van der Waals surface area contributed by atoms with Crippen LogP contribution < -0.4 is 15.4 Å². The number of rotatable bonds is 2. The maximum atomic E-state index is 12.9. The van der Waals surface area contributed by atoms with Crippen LogP contribution in [0.2, 0.25) is 0 Å². The van der Waals surface area contributed by atoms with Crippen LogP contribution in [0, 0.1) is 0 Å². The summed E-state index contributed by atoms with van der Waals surface area (Å²) in [6, 6.07) is 14.3. The number of benzene rings is 1. The highest BCUT2D eigenvalue weighted by Crippen LogP contribution is 2.34. The van der Waals surface area contributed by atoms with E-state index in [4.69, 9.17) is 4.74 Å². The van der Waals surface area contributed by atoms with Gasteiger partial charge in [0.05, 0.1) is 24.4 Å². The Kier molecular flexibility index (Phi) is 6.36. The standard InChI is InChI=1S/C25H31N5O2/c31-25-22-16-19(9-10-26-22)21-6-1-2-8-24(21)32-15-5-12-29(14-11-27-25)18-20-17-28-30-13-4-3-7-23(20)30/h1-4,6-8,13,17,19,22,26H,5,9-12,14-16,18H2,(H,27,31)/t19-,22+/m0/s1. The molecule has 7 heteroatoms. The summed E-state index contributed by atoms with van der Waals surface area (Å²) in [6.07, 6.45) is 6.67. The van der Waals surface area contributed by atoms with Crippen molar-refractivity contribution in [1.29, 1.82) is 0 Å². The summed E-state index contributed by atoms with van der Waals surface area (Å²) in [4.78, 5) is 15.2. The lowest BCUT2D eigenvalue weighted by Crippen LogP contribution is -2.49. The third kappa shape index (κ3) is 4.64. The number of nitrogens with zero attached hydrogens (tertiary/aromatic N) is 3. The number of hydrogen-bond acceptors (Lipinski definition) is 5. The highest BCUT2D eigenvalue weighted by molar-refractivity contribution is 5.82. The van der Waals surface area contributed by atoms with E-state index in [2.05, 4.69) is 44.9 Å². The Hall–Kier alpha value is -2.90. The first-order valence-electron chi connectivity index (χ1n) is 11.6. The SMILES string of the molecule is O=C1NCCN(Cc2cnn3ccccc23)CCCOc2ccccc2[C@H]2CCN[C@@H]1C2. The molecule has 4 heterocycles. The van der Waals surface area contributed by atoms with Crippen molar-refractivity contribution in [2.45, 2.75) is 37.8 Å². The molecule has 0 radical (unpaired) electrons. The van der Waals surface area contributed by atoms with E-state index in [0.717, 1.165) is 56.7 Å². The Labute approximate surface area is 188 Å². The van der Waals surface area contributed by atoms with Crippen LogP contribution in [0.25, 0.3) is 5.52 Å². The molecule has 2 bridgehead atoms. The monoisotopic (exact) mass is 433 g/mol. The van der Waals surface area contributed by atoms with Gasteiger partial charge in [-0.25, -0.2) is 4.52 Å². The number of hydrogen-bond donors (Lipinski definition) is 2. The number of piperidine rings is 1. The van der Waals surface area contributed by atoms with Crippen molar-refractivity contribution < 1.29 is 9.53 Å². The molecule has 32 heavy (non-hydrogen) atoms. The van der Waals surface area contributed by atoms with Gasteiger partial charge in [0.2, 0.25) is 5.91 Å². The van der Waals surface area contributed by atoms with Crippen molar-refractivity contribution in [3.8, 4) is 5.75 Å². The van der Waals surface area contributed by atoms with E-state index >= 15 is 0 Å². The molecule has 2 atom stereocenters. The molecular weight excluding hydrogens is 402 g/mol. The molecule has 7 nitrogen and oxygen atoms in total. The molecule has 0 spiro atoms. The van der Waals surface area contributed by atoms with Crippen LogP contribution in [-0.2, 0) is 11.3 Å². The normalized spacial score (nSPS) is 23.1. The van der Waals surface area contributed by atoms with Crippen LogP contribution >= 0.6 is 0 Å². The number of pyridine rings is 1. The van der Waals surface area contributed by atoms with Crippen molar-refractivity contribution >= 4 is 11.4 Å². The number of fused-ring (bicyclic) bond motifs is 5. The van der Waals surface area contributed by atoms with Gasteiger partial charge < -0.3 is 15.4 Å².